The van der Waals surface area contributed by atoms with Gasteiger partial charge in [-0.3, -0.25) is 4.79 Å². The van der Waals surface area contributed by atoms with Gasteiger partial charge in [0.2, 0.25) is 0 Å². The molecule has 2 atom stereocenters. The lowest BCUT2D eigenvalue weighted by Crippen LogP contribution is -2.33. The standard InChI is InChI=1S/C22H18N2O3S2/c25-20-19(29-22(28)24(20)21(26)27)12-13-9-10-18-16(11-13)15-7-4-8-17(15)23(18)14-5-2-1-3-6-14/h1-3,5-6,9-12,15,17H,4,7-8H2,(H,26,27)/b19-12+. The summed E-state index contributed by atoms with van der Waals surface area (Å²) >= 11 is 6.07. The van der Waals surface area contributed by atoms with Crippen molar-refractivity contribution in [3.63, 3.8) is 0 Å². The SMILES string of the molecule is O=C(O)N1C(=O)/C(=C\c2ccc3c(c2)C2CCCC2N3c2ccccc2)SC1=S. The van der Waals surface area contributed by atoms with Gasteiger partial charge in [-0.15, -0.1) is 0 Å². The van der Waals surface area contributed by atoms with Crippen molar-refractivity contribution in [2.75, 3.05) is 4.90 Å². The van der Waals surface area contributed by atoms with Crippen LogP contribution in [-0.2, 0) is 4.79 Å². The highest BCUT2D eigenvalue weighted by Gasteiger charge is 2.42. The fourth-order valence-corrected chi connectivity index (χ4v) is 5.92. The summed E-state index contributed by atoms with van der Waals surface area (Å²) < 4.78 is 0.0565. The van der Waals surface area contributed by atoms with E-state index < -0.39 is 12.0 Å². The van der Waals surface area contributed by atoms with Gasteiger partial charge in [-0.05, 0) is 54.3 Å². The first kappa shape index (κ1) is 18.4. The highest BCUT2D eigenvalue weighted by molar-refractivity contribution is 8.26. The molecule has 2 unspecified atom stereocenters. The molecule has 2 aromatic carbocycles. The molecule has 2 aromatic rings. The van der Waals surface area contributed by atoms with E-state index in [0.717, 1.165) is 23.7 Å². The predicted molar refractivity (Wildman–Crippen MR) is 118 cm³/mol. The molecule has 2 aliphatic heterocycles. The predicted octanol–water partition coefficient (Wildman–Crippen LogP) is 5.35. The maximum atomic E-state index is 12.4. The first-order chi connectivity index (χ1) is 14.0. The molecule has 1 N–H and O–H groups in total. The average molecular weight is 423 g/mol. The Morgan fingerprint density at radius 3 is 2.69 bits per heavy atom. The Morgan fingerprint density at radius 2 is 1.97 bits per heavy atom. The minimum atomic E-state index is -1.34. The molecule has 3 aliphatic rings. The van der Waals surface area contributed by atoms with E-state index in [4.69, 9.17) is 12.2 Å². The van der Waals surface area contributed by atoms with Crippen molar-refractivity contribution in [2.24, 2.45) is 0 Å². The Labute approximate surface area is 178 Å². The molecule has 146 valence electrons. The third-order valence-electron chi connectivity index (χ3n) is 5.84. The van der Waals surface area contributed by atoms with Crippen LogP contribution in [0.25, 0.3) is 6.08 Å². The van der Waals surface area contributed by atoms with E-state index in [2.05, 4.69) is 41.3 Å². The van der Waals surface area contributed by atoms with E-state index in [-0.39, 0.29) is 4.32 Å². The number of rotatable bonds is 2. The molecule has 5 rings (SSSR count). The Kier molecular flexibility index (Phi) is 4.44. The lowest BCUT2D eigenvalue weighted by atomic mass is 9.96. The number of amides is 2. The molecule has 1 saturated heterocycles. The van der Waals surface area contributed by atoms with Crippen molar-refractivity contribution < 1.29 is 14.7 Å². The highest BCUT2D eigenvalue weighted by atomic mass is 32.2. The smallest absolute Gasteiger partial charge is 0.420 e. The average Bonchev–Trinajstić information content (AvgIpc) is 3.36. The quantitative estimate of drug-likeness (QED) is 0.520. The summed E-state index contributed by atoms with van der Waals surface area (Å²) in [7, 11) is 0. The molecule has 7 heteroatoms. The maximum absolute atomic E-state index is 12.4. The summed E-state index contributed by atoms with van der Waals surface area (Å²) in [5.74, 6) is -0.0928. The summed E-state index contributed by atoms with van der Waals surface area (Å²) in [6.07, 6.45) is 3.95. The Bertz CT molecular complexity index is 1070. The number of anilines is 2. The number of thioether (sulfide) groups is 1. The second-order valence-corrected chi connectivity index (χ2v) is 9.10. The van der Waals surface area contributed by atoms with Crippen LogP contribution in [0.2, 0.25) is 0 Å². The Hall–Kier alpha value is -2.64. The zero-order valence-corrected chi connectivity index (χ0v) is 17.1. The minimum Gasteiger partial charge on any atom is -0.464 e. The molecular formula is C22H18N2O3S2. The van der Waals surface area contributed by atoms with Gasteiger partial charge in [0.05, 0.1) is 4.91 Å². The van der Waals surface area contributed by atoms with Crippen molar-refractivity contribution >= 4 is 57.8 Å². The second kappa shape index (κ2) is 7.00. The number of benzene rings is 2. The summed E-state index contributed by atoms with van der Waals surface area (Å²) in [6, 6.07) is 17.2. The summed E-state index contributed by atoms with van der Waals surface area (Å²) in [6.45, 7) is 0. The van der Waals surface area contributed by atoms with Gasteiger partial charge in [-0.25, -0.2) is 4.79 Å². The number of para-hydroxylation sites is 1. The van der Waals surface area contributed by atoms with Crippen LogP contribution in [-0.4, -0.2) is 32.4 Å². The normalized spacial score (nSPS) is 24.3. The number of carbonyl (C=O) groups is 2. The molecule has 2 fully saturated rings. The van der Waals surface area contributed by atoms with Crippen molar-refractivity contribution in [1.29, 1.82) is 0 Å². The Balaban J connectivity index is 1.52. The monoisotopic (exact) mass is 422 g/mol. The molecule has 0 radical (unpaired) electrons. The van der Waals surface area contributed by atoms with Gasteiger partial charge in [-0.1, -0.05) is 54.7 Å². The van der Waals surface area contributed by atoms with Crippen LogP contribution in [0.3, 0.4) is 0 Å². The third kappa shape index (κ3) is 2.96. The van der Waals surface area contributed by atoms with Crippen molar-refractivity contribution in [3.05, 3.63) is 64.6 Å². The van der Waals surface area contributed by atoms with E-state index >= 15 is 0 Å². The largest absolute Gasteiger partial charge is 0.464 e. The van der Waals surface area contributed by atoms with E-state index in [1.807, 2.05) is 12.1 Å². The molecule has 0 aromatic heterocycles. The number of carboxylic acid groups (broad SMARTS) is 1. The fourth-order valence-electron chi connectivity index (χ4n) is 4.67. The van der Waals surface area contributed by atoms with Gasteiger partial charge in [0.15, 0.2) is 4.32 Å². The number of hydrogen-bond acceptors (Lipinski definition) is 5. The molecule has 2 amide bonds. The van der Waals surface area contributed by atoms with Gasteiger partial charge in [0, 0.05) is 23.3 Å². The molecule has 2 heterocycles. The number of imide groups is 1. The van der Waals surface area contributed by atoms with Crippen molar-refractivity contribution in [2.45, 2.75) is 31.2 Å². The molecule has 1 saturated carbocycles. The molecular weight excluding hydrogens is 404 g/mol. The first-order valence-electron chi connectivity index (χ1n) is 9.54. The number of hydrogen-bond donors (Lipinski definition) is 1. The number of thiocarbonyl (C=S) groups is 1. The lowest BCUT2D eigenvalue weighted by Gasteiger charge is -2.27. The minimum absolute atomic E-state index is 0.0565. The van der Waals surface area contributed by atoms with Crippen LogP contribution in [0.5, 0.6) is 0 Å². The van der Waals surface area contributed by atoms with Crippen LogP contribution < -0.4 is 4.90 Å². The van der Waals surface area contributed by atoms with Crippen LogP contribution in [0.1, 0.15) is 36.3 Å². The van der Waals surface area contributed by atoms with E-state index in [0.29, 0.717) is 21.8 Å². The molecule has 0 spiro atoms. The zero-order chi connectivity index (χ0) is 20.1. The van der Waals surface area contributed by atoms with Gasteiger partial charge >= 0.3 is 6.09 Å². The topological polar surface area (TPSA) is 60.9 Å². The summed E-state index contributed by atoms with van der Waals surface area (Å²) in [5, 5.41) is 9.18. The molecule has 1 aliphatic carbocycles. The summed E-state index contributed by atoms with van der Waals surface area (Å²) in [5.41, 5.74) is 4.63. The van der Waals surface area contributed by atoms with Crippen molar-refractivity contribution in [1.82, 2.24) is 4.90 Å². The van der Waals surface area contributed by atoms with E-state index in [1.165, 1.54) is 29.8 Å². The van der Waals surface area contributed by atoms with Crippen LogP contribution >= 0.6 is 24.0 Å². The summed E-state index contributed by atoms with van der Waals surface area (Å²) in [4.78, 5) is 27.0. The number of nitrogens with zero attached hydrogens (tertiary/aromatic N) is 2. The number of fused-ring (bicyclic) bond motifs is 3. The van der Waals surface area contributed by atoms with Crippen molar-refractivity contribution in [3.8, 4) is 0 Å². The molecule has 0 bridgehead atoms. The van der Waals surface area contributed by atoms with Gasteiger partial charge < -0.3 is 10.0 Å². The second-order valence-electron chi connectivity index (χ2n) is 7.43. The maximum Gasteiger partial charge on any atom is 0.420 e. The van der Waals surface area contributed by atoms with Crippen LogP contribution in [0, 0.1) is 0 Å². The molecule has 5 nitrogen and oxygen atoms in total. The van der Waals surface area contributed by atoms with E-state index in [1.54, 1.807) is 6.08 Å². The van der Waals surface area contributed by atoms with Crippen LogP contribution in [0.15, 0.2) is 53.4 Å². The van der Waals surface area contributed by atoms with Crippen LogP contribution in [0.4, 0.5) is 16.2 Å². The number of carbonyl (C=O) groups excluding carboxylic acids is 1. The third-order valence-corrected chi connectivity index (χ3v) is 7.14. The molecule has 29 heavy (non-hydrogen) atoms. The van der Waals surface area contributed by atoms with Gasteiger partial charge in [0.1, 0.15) is 0 Å². The van der Waals surface area contributed by atoms with Gasteiger partial charge in [-0.2, -0.15) is 4.90 Å². The zero-order valence-electron chi connectivity index (χ0n) is 15.4. The Morgan fingerprint density at radius 1 is 1.17 bits per heavy atom. The van der Waals surface area contributed by atoms with E-state index in [9.17, 15) is 14.7 Å². The van der Waals surface area contributed by atoms with Gasteiger partial charge in [0.25, 0.3) is 5.91 Å². The lowest BCUT2D eigenvalue weighted by molar-refractivity contribution is -0.120. The first-order valence-corrected chi connectivity index (χ1v) is 10.8. The highest BCUT2D eigenvalue weighted by Crippen LogP contribution is 2.52. The fraction of sp³-hybridized carbons (Fsp3) is 0.227.